The molecule has 0 amide bonds. The van der Waals surface area contributed by atoms with Crippen LogP contribution in [0.2, 0.25) is 0 Å². The maximum absolute atomic E-state index is 9.88. The summed E-state index contributed by atoms with van der Waals surface area (Å²) in [6.45, 7) is 6.00. The van der Waals surface area contributed by atoms with Crippen molar-refractivity contribution in [2.45, 2.75) is 6.42 Å². The molecule has 1 aliphatic rings. The van der Waals surface area contributed by atoms with E-state index in [0.717, 1.165) is 6.42 Å². The second kappa shape index (κ2) is 36.1. The first-order valence-electron chi connectivity index (χ1n) is 4.95. The van der Waals surface area contributed by atoms with Gasteiger partial charge in [-0.3, -0.25) is 6.08 Å². The average molecular weight is 330 g/mol. The Bertz CT molecular complexity index is 336. The van der Waals surface area contributed by atoms with Crippen LogP contribution in [0.4, 0.5) is 0 Å². The molecule has 2 rings (SSSR count). The third-order valence-corrected chi connectivity index (χ3v) is 1.48. The summed E-state index contributed by atoms with van der Waals surface area (Å²) >= 11 is 0. The fraction of sp³-hybridized carbons (Fsp3) is 0.0625. The Morgan fingerprint density at radius 2 is 1.43 bits per heavy atom. The second-order valence-corrected chi connectivity index (χ2v) is 2.47. The van der Waals surface area contributed by atoms with Crippen molar-refractivity contribution in [1.82, 2.24) is 0 Å². The molecule has 114 valence electrons. The predicted molar refractivity (Wildman–Crippen MR) is 80.6 cm³/mol. The number of allylic oxidation sites excluding steroid dienone is 4. The summed E-state index contributed by atoms with van der Waals surface area (Å²) in [6.07, 6.45) is 11.8. The zero-order chi connectivity index (χ0) is 15.4. The van der Waals surface area contributed by atoms with E-state index in [9.17, 15) is 4.79 Å². The molecule has 0 radical (unpaired) electrons. The van der Waals surface area contributed by atoms with Gasteiger partial charge < -0.3 is 26.6 Å². The van der Waals surface area contributed by atoms with Crippen molar-refractivity contribution in [3.8, 4) is 0 Å². The first-order chi connectivity index (χ1) is 9.43. The number of rotatable bonds is 1. The van der Waals surface area contributed by atoms with Gasteiger partial charge in [0.05, 0.1) is 6.29 Å². The van der Waals surface area contributed by atoms with Crippen LogP contribution in [-0.2, 0) is 36.2 Å². The fourth-order valence-corrected chi connectivity index (χ4v) is 0.846. The maximum Gasteiger partial charge on any atom is 3.00 e. The van der Waals surface area contributed by atoms with Crippen LogP contribution in [0.3, 0.4) is 0 Å². The minimum absolute atomic E-state index is 0. The molecule has 0 fully saturated rings. The van der Waals surface area contributed by atoms with Crippen molar-refractivity contribution in [2.75, 3.05) is 0 Å². The minimum atomic E-state index is 0. The molecule has 0 N–H and O–H groups in total. The normalized spacial score (nSPS) is 8.00. The third-order valence-electron chi connectivity index (χ3n) is 1.48. The van der Waals surface area contributed by atoms with Crippen molar-refractivity contribution in [1.29, 1.82) is 0 Å². The Hall–Kier alpha value is -2.10. The van der Waals surface area contributed by atoms with Crippen molar-refractivity contribution in [3.63, 3.8) is 0 Å². The molecule has 1 aromatic rings. The zero-order valence-electron chi connectivity index (χ0n) is 12.0. The Morgan fingerprint density at radius 1 is 0.952 bits per heavy atom. The van der Waals surface area contributed by atoms with E-state index >= 15 is 0 Å². The van der Waals surface area contributed by atoms with E-state index in [1.54, 1.807) is 30.6 Å². The number of benzene rings is 1. The number of carbonyl (C=O) groups is 3. The van der Waals surface area contributed by atoms with Gasteiger partial charge in [-0.05, 0) is 0 Å². The van der Waals surface area contributed by atoms with Gasteiger partial charge >= 0.3 is 17.1 Å². The third kappa shape index (κ3) is 27.2. The molecule has 0 saturated heterocycles. The van der Waals surface area contributed by atoms with Gasteiger partial charge in [0.25, 0.3) is 0 Å². The van der Waals surface area contributed by atoms with Crippen LogP contribution in [0, 0.1) is 13.5 Å². The molecule has 5 heteroatoms. The molecule has 0 heterocycles. The number of hydrogen-bond acceptors (Lipinski definition) is 4. The molecule has 0 saturated carbocycles. The summed E-state index contributed by atoms with van der Waals surface area (Å²) in [6, 6.07) is 8.90. The van der Waals surface area contributed by atoms with Gasteiger partial charge in [-0.1, -0.05) is 6.07 Å². The van der Waals surface area contributed by atoms with Crippen LogP contribution in [0.15, 0.2) is 48.6 Å². The SMILES string of the molecule is C=O.C=O.C=O.O=[C-]c1ccccc1.[C-]1=CC=CC1.[CH3-].[Mn+3]. The van der Waals surface area contributed by atoms with Gasteiger partial charge in [0, 0.05) is 0 Å². The van der Waals surface area contributed by atoms with Gasteiger partial charge in [-0.2, -0.15) is 23.8 Å². The largest absolute Gasteiger partial charge is 3.00 e. The topological polar surface area (TPSA) is 68.3 Å². The van der Waals surface area contributed by atoms with E-state index in [0.29, 0.717) is 5.56 Å². The molecule has 4 nitrogen and oxygen atoms in total. The van der Waals surface area contributed by atoms with Crippen molar-refractivity contribution >= 4 is 26.7 Å². The maximum atomic E-state index is 9.88. The van der Waals surface area contributed by atoms with Crippen LogP contribution in [0.25, 0.3) is 0 Å². The summed E-state index contributed by atoms with van der Waals surface area (Å²) in [7, 11) is 0. The second-order valence-electron chi connectivity index (χ2n) is 2.47. The van der Waals surface area contributed by atoms with E-state index in [1.165, 1.54) is 0 Å². The minimum Gasteiger partial charge on any atom is -0.376 e. The smallest absolute Gasteiger partial charge is 0.376 e. The molecule has 0 aromatic heterocycles. The molecular formula is C16H19MnO4. The molecule has 1 aliphatic carbocycles. The Morgan fingerprint density at radius 3 is 1.62 bits per heavy atom. The van der Waals surface area contributed by atoms with Crippen molar-refractivity contribution in [2.24, 2.45) is 0 Å². The van der Waals surface area contributed by atoms with E-state index in [-0.39, 0.29) is 24.5 Å². The summed E-state index contributed by atoms with van der Waals surface area (Å²) in [5.41, 5.74) is 0.604. The van der Waals surface area contributed by atoms with Gasteiger partial charge in [-0.25, -0.2) is 12.2 Å². The Labute approximate surface area is 137 Å². The molecule has 0 bridgehead atoms. The Balaban J connectivity index is -0.0000000579. The quantitative estimate of drug-likeness (QED) is 0.585. The van der Waals surface area contributed by atoms with Crippen molar-refractivity contribution in [3.05, 3.63) is 67.6 Å². The van der Waals surface area contributed by atoms with Gasteiger partial charge in [0.2, 0.25) is 0 Å². The Kier molecular flexibility index (Phi) is 53.9. The summed E-state index contributed by atoms with van der Waals surface area (Å²) < 4.78 is 0. The summed E-state index contributed by atoms with van der Waals surface area (Å²) in [5.74, 6) is 0. The molecule has 21 heavy (non-hydrogen) atoms. The molecule has 1 aromatic carbocycles. The van der Waals surface area contributed by atoms with E-state index in [1.807, 2.05) is 38.6 Å². The monoisotopic (exact) mass is 330 g/mol. The van der Waals surface area contributed by atoms with Crippen LogP contribution in [0.1, 0.15) is 12.0 Å². The van der Waals surface area contributed by atoms with E-state index < -0.39 is 0 Å². The van der Waals surface area contributed by atoms with E-state index in [4.69, 9.17) is 14.4 Å². The van der Waals surface area contributed by atoms with Crippen LogP contribution < -0.4 is 0 Å². The molecule has 0 atom stereocenters. The van der Waals surface area contributed by atoms with E-state index in [2.05, 4.69) is 12.2 Å². The first-order valence-corrected chi connectivity index (χ1v) is 4.95. The summed E-state index contributed by atoms with van der Waals surface area (Å²) in [5, 5.41) is 0. The van der Waals surface area contributed by atoms with Gasteiger partial charge in [-0.15, -0.1) is 18.6 Å². The average Bonchev–Trinajstić information content (AvgIpc) is 3.14. The molecule has 0 spiro atoms. The molecule has 0 aliphatic heterocycles. The number of carbonyl (C=O) groups excluding carboxylic acids is 4. The standard InChI is InChI=1S/C7H5O.C5H5.3CH2O.CH3.Mn/c8-6-7-4-2-1-3-5-7;1-2-4-5-3-1;3*1-2;;/h1-5H;1-3H,4H2;3*1H2;1H3;/q2*-1;;;;-1;+3. The number of hydrogen-bond donors (Lipinski definition) is 0. The summed E-state index contributed by atoms with van der Waals surface area (Å²) in [4.78, 5) is 33.9. The molecular weight excluding hydrogens is 311 g/mol. The van der Waals surface area contributed by atoms with Crippen LogP contribution in [-0.4, -0.2) is 26.7 Å². The molecule has 0 unspecified atom stereocenters. The van der Waals surface area contributed by atoms with Crippen LogP contribution >= 0.6 is 0 Å². The van der Waals surface area contributed by atoms with Crippen LogP contribution in [0.5, 0.6) is 0 Å². The van der Waals surface area contributed by atoms with Crippen molar-refractivity contribution < 1.29 is 36.2 Å². The van der Waals surface area contributed by atoms with Gasteiger partial charge in [0.15, 0.2) is 0 Å². The zero-order valence-corrected chi connectivity index (χ0v) is 13.1. The predicted octanol–water partition coefficient (Wildman–Crippen LogP) is 2.34. The fourth-order valence-electron chi connectivity index (χ4n) is 0.846. The first kappa shape index (κ1) is 31.3. The van der Waals surface area contributed by atoms with Gasteiger partial charge in [0.1, 0.15) is 20.4 Å².